The number of nitrogens with one attached hydrogen (secondary N) is 1. The highest BCUT2D eigenvalue weighted by Crippen LogP contribution is 2.26. The second-order valence-electron chi connectivity index (χ2n) is 4.36. The molecule has 1 N–H and O–H groups in total. The highest BCUT2D eigenvalue weighted by molar-refractivity contribution is 9.10. The molecule has 0 aromatic heterocycles. The van der Waals surface area contributed by atoms with Gasteiger partial charge in [0.25, 0.3) is 0 Å². The summed E-state index contributed by atoms with van der Waals surface area (Å²) >= 11 is 3.48. The van der Waals surface area contributed by atoms with Gasteiger partial charge in [0.05, 0.1) is 13.2 Å². The molecule has 1 aromatic rings. The summed E-state index contributed by atoms with van der Waals surface area (Å²) < 4.78 is 11.7. The van der Waals surface area contributed by atoms with Crippen molar-refractivity contribution in [3.05, 3.63) is 28.2 Å². The molecule has 94 valence electrons. The Morgan fingerprint density at radius 2 is 2.12 bits per heavy atom. The van der Waals surface area contributed by atoms with Crippen molar-refractivity contribution in [3.8, 4) is 5.75 Å². The molecule has 0 aliphatic heterocycles. The third-order valence-corrected chi connectivity index (χ3v) is 3.75. The van der Waals surface area contributed by atoms with E-state index in [1.165, 1.54) is 5.56 Å². The van der Waals surface area contributed by atoms with E-state index in [-0.39, 0.29) is 0 Å². The lowest BCUT2D eigenvalue weighted by Gasteiger charge is -2.34. The van der Waals surface area contributed by atoms with Crippen LogP contribution in [0.15, 0.2) is 22.7 Å². The van der Waals surface area contributed by atoms with E-state index >= 15 is 0 Å². The van der Waals surface area contributed by atoms with E-state index in [1.54, 1.807) is 14.2 Å². The molecule has 1 aliphatic carbocycles. The number of benzene rings is 1. The van der Waals surface area contributed by atoms with Gasteiger partial charge in [0, 0.05) is 29.7 Å². The molecular weight excluding hydrogens is 282 g/mol. The van der Waals surface area contributed by atoms with E-state index in [0.717, 1.165) is 29.6 Å². The fourth-order valence-electron chi connectivity index (χ4n) is 2.06. The van der Waals surface area contributed by atoms with Crippen LogP contribution in [0.25, 0.3) is 0 Å². The molecule has 1 aliphatic rings. The van der Waals surface area contributed by atoms with E-state index in [2.05, 4.69) is 27.3 Å². The highest BCUT2D eigenvalue weighted by Gasteiger charge is 2.28. The fourth-order valence-corrected chi connectivity index (χ4v) is 2.47. The van der Waals surface area contributed by atoms with Crippen LogP contribution in [0.2, 0.25) is 0 Å². The summed E-state index contributed by atoms with van der Waals surface area (Å²) in [6.07, 6.45) is 2.65. The van der Waals surface area contributed by atoms with Gasteiger partial charge in [-0.2, -0.15) is 0 Å². The van der Waals surface area contributed by atoms with Gasteiger partial charge in [0.2, 0.25) is 0 Å². The minimum absolute atomic E-state index is 0.442. The predicted molar refractivity (Wildman–Crippen MR) is 71.4 cm³/mol. The molecule has 3 nitrogen and oxygen atoms in total. The van der Waals surface area contributed by atoms with Gasteiger partial charge in [0.1, 0.15) is 5.75 Å². The second-order valence-corrected chi connectivity index (χ2v) is 5.28. The zero-order chi connectivity index (χ0) is 12.3. The van der Waals surface area contributed by atoms with Gasteiger partial charge in [-0.05, 0) is 31.0 Å². The van der Waals surface area contributed by atoms with E-state index in [4.69, 9.17) is 9.47 Å². The Bertz CT molecular complexity index is 378. The molecule has 17 heavy (non-hydrogen) atoms. The van der Waals surface area contributed by atoms with Gasteiger partial charge >= 0.3 is 0 Å². The molecule has 4 heteroatoms. The van der Waals surface area contributed by atoms with Gasteiger partial charge < -0.3 is 14.8 Å². The lowest BCUT2D eigenvalue weighted by molar-refractivity contribution is 0.0169. The topological polar surface area (TPSA) is 30.5 Å². The standard InChI is InChI=1S/C13H18BrNO2/c1-16-12-6-11(7-12)15-8-9-5-10(14)3-4-13(9)17-2/h3-5,11-12,15H,6-8H2,1-2H3. The maximum atomic E-state index is 5.34. The molecule has 0 saturated heterocycles. The Balaban J connectivity index is 1.88. The zero-order valence-corrected chi connectivity index (χ0v) is 11.8. The summed E-state index contributed by atoms with van der Waals surface area (Å²) in [6, 6.07) is 6.65. The molecule has 1 saturated carbocycles. The van der Waals surface area contributed by atoms with Crippen molar-refractivity contribution in [2.45, 2.75) is 31.5 Å². The smallest absolute Gasteiger partial charge is 0.123 e. The zero-order valence-electron chi connectivity index (χ0n) is 10.2. The molecule has 0 atom stereocenters. The van der Waals surface area contributed by atoms with E-state index in [0.29, 0.717) is 12.1 Å². The summed E-state index contributed by atoms with van der Waals surface area (Å²) in [4.78, 5) is 0. The van der Waals surface area contributed by atoms with Crippen LogP contribution in [0, 0.1) is 0 Å². The normalized spacial score (nSPS) is 23.2. The number of ether oxygens (including phenoxy) is 2. The third-order valence-electron chi connectivity index (χ3n) is 3.25. The Morgan fingerprint density at radius 3 is 2.76 bits per heavy atom. The van der Waals surface area contributed by atoms with Crippen LogP contribution < -0.4 is 10.1 Å². The molecule has 1 aromatic carbocycles. The van der Waals surface area contributed by atoms with Gasteiger partial charge in [-0.3, -0.25) is 0 Å². The quantitative estimate of drug-likeness (QED) is 0.907. The SMILES string of the molecule is COc1ccc(Br)cc1CNC1CC(OC)C1. The van der Waals surface area contributed by atoms with E-state index < -0.39 is 0 Å². The van der Waals surface area contributed by atoms with Crippen molar-refractivity contribution < 1.29 is 9.47 Å². The first kappa shape index (κ1) is 12.9. The van der Waals surface area contributed by atoms with Crippen LogP contribution in [-0.2, 0) is 11.3 Å². The van der Waals surface area contributed by atoms with Gasteiger partial charge in [0.15, 0.2) is 0 Å². The minimum atomic E-state index is 0.442. The van der Waals surface area contributed by atoms with Crippen LogP contribution in [-0.4, -0.2) is 26.4 Å². The summed E-state index contributed by atoms with van der Waals surface area (Å²) in [5, 5.41) is 3.52. The predicted octanol–water partition coefficient (Wildman–Crippen LogP) is 2.72. The highest BCUT2D eigenvalue weighted by atomic mass is 79.9. The number of rotatable bonds is 5. The number of hydrogen-bond donors (Lipinski definition) is 1. The largest absolute Gasteiger partial charge is 0.496 e. The van der Waals surface area contributed by atoms with Crippen LogP contribution >= 0.6 is 15.9 Å². The van der Waals surface area contributed by atoms with Crippen molar-refractivity contribution >= 4 is 15.9 Å². The molecule has 0 spiro atoms. The van der Waals surface area contributed by atoms with E-state index in [1.807, 2.05) is 12.1 Å². The first-order valence-corrected chi connectivity index (χ1v) is 6.61. The Labute approximate surface area is 111 Å². The first-order chi connectivity index (χ1) is 8.22. The molecule has 2 rings (SSSR count). The van der Waals surface area contributed by atoms with Crippen LogP contribution in [0.4, 0.5) is 0 Å². The monoisotopic (exact) mass is 299 g/mol. The maximum Gasteiger partial charge on any atom is 0.123 e. The average Bonchev–Trinajstić information content (AvgIpc) is 2.27. The third kappa shape index (κ3) is 3.21. The first-order valence-electron chi connectivity index (χ1n) is 5.81. The number of halogens is 1. The molecule has 0 amide bonds. The molecule has 0 unspecified atom stereocenters. The molecule has 0 heterocycles. The number of hydrogen-bond acceptors (Lipinski definition) is 3. The Kier molecular flexibility index (Phi) is 4.42. The maximum absolute atomic E-state index is 5.34. The van der Waals surface area contributed by atoms with Crippen molar-refractivity contribution in [2.24, 2.45) is 0 Å². The Hall–Kier alpha value is -0.580. The van der Waals surface area contributed by atoms with Crippen molar-refractivity contribution in [1.29, 1.82) is 0 Å². The van der Waals surface area contributed by atoms with Crippen LogP contribution in [0.5, 0.6) is 5.75 Å². The van der Waals surface area contributed by atoms with Crippen molar-refractivity contribution in [2.75, 3.05) is 14.2 Å². The summed E-state index contributed by atoms with van der Waals surface area (Å²) in [5.41, 5.74) is 1.18. The van der Waals surface area contributed by atoms with Gasteiger partial charge in [-0.1, -0.05) is 15.9 Å². The number of methoxy groups -OCH3 is 2. The molecular formula is C13H18BrNO2. The molecule has 0 radical (unpaired) electrons. The van der Waals surface area contributed by atoms with Gasteiger partial charge in [-0.25, -0.2) is 0 Å². The second kappa shape index (κ2) is 5.85. The van der Waals surface area contributed by atoms with E-state index in [9.17, 15) is 0 Å². The van der Waals surface area contributed by atoms with Crippen molar-refractivity contribution in [1.82, 2.24) is 5.32 Å². The van der Waals surface area contributed by atoms with Crippen LogP contribution in [0.1, 0.15) is 18.4 Å². The lowest BCUT2D eigenvalue weighted by atomic mass is 9.89. The lowest BCUT2D eigenvalue weighted by Crippen LogP contribution is -2.44. The fraction of sp³-hybridized carbons (Fsp3) is 0.538. The minimum Gasteiger partial charge on any atom is -0.496 e. The average molecular weight is 300 g/mol. The van der Waals surface area contributed by atoms with Gasteiger partial charge in [-0.15, -0.1) is 0 Å². The van der Waals surface area contributed by atoms with Crippen molar-refractivity contribution in [3.63, 3.8) is 0 Å². The Morgan fingerprint density at radius 1 is 1.35 bits per heavy atom. The van der Waals surface area contributed by atoms with Crippen LogP contribution in [0.3, 0.4) is 0 Å². The summed E-state index contributed by atoms with van der Waals surface area (Å²) in [6.45, 7) is 0.837. The summed E-state index contributed by atoms with van der Waals surface area (Å²) in [5.74, 6) is 0.934. The molecule has 0 bridgehead atoms. The summed E-state index contributed by atoms with van der Waals surface area (Å²) in [7, 11) is 3.48. The molecule has 1 fully saturated rings.